The van der Waals surface area contributed by atoms with Gasteiger partial charge in [-0.2, -0.15) is 0 Å². The second-order valence-electron chi connectivity index (χ2n) is 2.79. The van der Waals surface area contributed by atoms with Crippen LogP contribution in [0.25, 0.3) is 0 Å². The molecular formula is C6H7F2N3. The smallest absolute Gasteiger partial charge is 0.275 e. The molecule has 1 aromatic rings. The summed E-state index contributed by atoms with van der Waals surface area (Å²) >= 11 is 0. The van der Waals surface area contributed by atoms with E-state index in [0.29, 0.717) is 0 Å². The van der Waals surface area contributed by atoms with Crippen LogP contribution in [0.2, 0.25) is 0 Å². The number of aromatic nitrogens is 2. The second kappa shape index (κ2) is 1.61. The zero-order valence-electron chi connectivity index (χ0n) is 5.64. The van der Waals surface area contributed by atoms with E-state index in [9.17, 15) is 8.78 Å². The van der Waals surface area contributed by atoms with Crippen molar-refractivity contribution in [2.24, 2.45) is 5.73 Å². The lowest BCUT2D eigenvalue weighted by molar-refractivity contribution is 0.0872. The number of rotatable bonds is 1. The molecule has 2 rings (SSSR count). The molecule has 0 aliphatic heterocycles. The van der Waals surface area contributed by atoms with Crippen molar-refractivity contribution < 1.29 is 8.78 Å². The van der Waals surface area contributed by atoms with Crippen LogP contribution in [0.4, 0.5) is 8.78 Å². The molecule has 1 saturated carbocycles. The van der Waals surface area contributed by atoms with Gasteiger partial charge in [0.05, 0.1) is 0 Å². The minimum Gasteiger partial charge on any atom is -0.347 e. The molecule has 1 aliphatic rings. The van der Waals surface area contributed by atoms with Crippen molar-refractivity contribution in [1.82, 2.24) is 9.97 Å². The number of hydrogen-bond acceptors (Lipinski definition) is 2. The molecule has 3 nitrogen and oxygen atoms in total. The maximum absolute atomic E-state index is 12.6. The summed E-state index contributed by atoms with van der Waals surface area (Å²) in [5.74, 6) is -2.62. The first-order valence-electron chi connectivity index (χ1n) is 3.23. The average Bonchev–Trinajstić information content (AvgIpc) is 2.36. The number of nitrogens with two attached hydrogens (primary N) is 1. The van der Waals surface area contributed by atoms with Crippen molar-refractivity contribution in [3.63, 3.8) is 0 Å². The Bertz CT molecular complexity index is 269. The normalized spacial score (nSPS) is 33.7. The zero-order chi connectivity index (χ0) is 8.11. The first-order chi connectivity index (χ1) is 5.06. The SMILES string of the molecule is NC1(c2ncc[nH]2)CC1(F)F. The van der Waals surface area contributed by atoms with E-state index in [0.717, 1.165) is 0 Å². The molecule has 0 bridgehead atoms. The molecule has 1 fully saturated rings. The molecule has 60 valence electrons. The van der Waals surface area contributed by atoms with Gasteiger partial charge in [-0.3, -0.25) is 0 Å². The second-order valence-corrected chi connectivity index (χ2v) is 2.79. The molecule has 0 aromatic carbocycles. The highest BCUT2D eigenvalue weighted by molar-refractivity contribution is 5.25. The Morgan fingerprint density at radius 2 is 2.27 bits per heavy atom. The van der Waals surface area contributed by atoms with Gasteiger partial charge in [-0.1, -0.05) is 0 Å². The third-order valence-electron chi connectivity index (χ3n) is 1.95. The van der Waals surface area contributed by atoms with Crippen LogP contribution in [0.5, 0.6) is 0 Å². The summed E-state index contributed by atoms with van der Waals surface area (Å²) in [7, 11) is 0. The summed E-state index contributed by atoms with van der Waals surface area (Å²) in [4.78, 5) is 6.26. The van der Waals surface area contributed by atoms with E-state index in [2.05, 4.69) is 9.97 Å². The maximum atomic E-state index is 12.6. The number of alkyl halides is 2. The fraction of sp³-hybridized carbons (Fsp3) is 0.500. The van der Waals surface area contributed by atoms with E-state index in [-0.39, 0.29) is 12.2 Å². The molecule has 0 amide bonds. The summed E-state index contributed by atoms with van der Waals surface area (Å²) < 4.78 is 25.1. The van der Waals surface area contributed by atoms with Gasteiger partial charge >= 0.3 is 0 Å². The molecule has 1 aromatic heterocycles. The van der Waals surface area contributed by atoms with Crippen LogP contribution >= 0.6 is 0 Å². The molecule has 0 saturated heterocycles. The van der Waals surface area contributed by atoms with E-state index < -0.39 is 11.5 Å². The number of halogens is 2. The lowest BCUT2D eigenvalue weighted by Gasteiger charge is -2.04. The molecule has 5 heteroatoms. The van der Waals surface area contributed by atoms with E-state index in [4.69, 9.17) is 5.73 Å². The predicted octanol–water partition coefficient (Wildman–Crippen LogP) is 0.603. The Labute approximate surface area is 61.6 Å². The number of aromatic amines is 1. The topological polar surface area (TPSA) is 54.7 Å². The van der Waals surface area contributed by atoms with Gasteiger partial charge in [0, 0.05) is 18.8 Å². The van der Waals surface area contributed by atoms with E-state index >= 15 is 0 Å². The highest BCUT2D eigenvalue weighted by Gasteiger charge is 2.71. The molecule has 1 heterocycles. The number of imidazole rings is 1. The van der Waals surface area contributed by atoms with Crippen LogP contribution in [0.15, 0.2) is 12.4 Å². The van der Waals surface area contributed by atoms with Gasteiger partial charge in [0.1, 0.15) is 11.4 Å². The molecule has 11 heavy (non-hydrogen) atoms. The van der Waals surface area contributed by atoms with Crippen LogP contribution in [0.1, 0.15) is 12.2 Å². The summed E-state index contributed by atoms with van der Waals surface area (Å²) in [5, 5.41) is 0. The molecule has 0 spiro atoms. The van der Waals surface area contributed by atoms with Crippen LogP contribution in [-0.2, 0) is 5.54 Å². The van der Waals surface area contributed by atoms with Gasteiger partial charge in [-0.15, -0.1) is 0 Å². The fourth-order valence-corrected chi connectivity index (χ4v) is 1.07. The summed E-state index contributed by atoms with van der Waals surface area (Å²) in [5.41, 5.74) is 3.82. The first-order valence-corrected chi connectivity index (χ1v) is 3.23. The average molecular weight is 159 g/mol. The molecule has 1 atom stereocenters. The third-order valence-corrected chi connectivity index (χ3v) is 1.95. The number of nitrogens with zero attached hydrogens (tertiary/aromatic N) is 1. The Hall–Kier alpha value is -0.970. The molecule has 3 N–H and O–H groups in total. The minimum atomic E-state index is -2.79. The zero-order valence-corrected chi connectivity index (χ0v) is 5.64. The van der Waals surface area contributed by atoms with Crippen molar-refractivity contribution in [3.05, 3.63) is 18.2 Å². The third kappa shape index (κ3) is 0.712. The van der Waals surface area contributed by atoms with Gasteiger partial charge in [0.2, 0.25) is 0 Å². The lowest BCUT2D eigenvalue weighted by Crippen LogP contribution is -2.28. The van der Waals surface area contributed by atoms with Crippen LogP contribution in [-0.4, -0.2) is 15.9 Å². The van der Waals surface area contributed by atoms with Crippen molar-refractivity contribution in [2.45, 2.75) is 17.9 Å². The maximum Gasteiger partial charge on any atom is 0.275 e. The van der Waals surface area contributed by atoms with Crippen molar-refractivity contribution in [1.29, 1.82) is 0 Å². The van der Waals surface area contributed by atoms with Crippen molar-refractivity contribution in [2.75, 3.05) is 0 Å². The highest BCUT2D eigenvalue weighted by Crippen LogP contribution is 2.56. The van der Waals surface area contributed by atoms with Gasteiger partial charge in [0.15, 0.2) is 0 Å². The lowest BCUT2D eigenvalue weighted by atomic mass is 10.3. The molecular weight excluding hydrogens is 152 g/mol. The molecule has 1 unspecified atom stereocenters. The van der Waals surface area contributed by atoms with Crippen LogP contribution < -0.4 is 5.73 Å². The summed E-state index contributed by atoms with van der Waals surface area (Å²) in [6.07, 6.45) is 2.59. The Morgan fingerprint density at radius 1 is 1.64 bits per heavy atom. The van der Waals surface area contributed by atoms with E-state index in [1.807, 2.05) is 0 Å². The van der Waals surface area contributed by atoms with Crippen molar-refractivity contribution in [3.8, 4) is 0 Å². The van der Waals surface area contributed by atoms with E-state index in [1.54, 1.807) is 0 Å². The van der Waals surface area contributed by atoms with Gasteiger partial charge in [0.25, 0.3) is 5.92 Å². The van der Waals surface area contributed by atoms with Gasteiger partial charge in [-0.05, 0) is 0 Å². The Balaban J connectivity index is 2.33. The monoisotopic (exact) mass is 159 g/mol. The summed E-state index contributed by atoms with van der Waals surface area (Å²) in [6, 6.07) is 0. The number of H-pyrrole nitrogens is 1. The fourth-order valence-electron chi connectivity index (χ4n) is 1.07. The minimum absolute atomic E-state index is 0.169. The Morgan fingerprint density at radius 3 is 2.64 bits per heavy atom. The summed E-state index contributed by atoms with van der Waals surface area (Å²) in [6.45, 7) is 0. The van der Waals surface area contributed by atoms with Crippen LogP contribution in [0, 0.1) is 0 Å². The van der Waals surface area contributed by atoms with E-state index in [1.165, 1.54) is 12.4 Å². The predicted molar refractivity (Wildman–Crippen MR) is 34.0 cm³/mol. The number of nitrogens with one attached hydrogen (secondary N) is 1. The largest absolute Gasteiger partial charge is 0.347 e. The van der Waals surface area contributed by atoms with Crippen molar-refractivity contribution >= 4 is 0 Å². The standard InChI is InChI=1S/C6H7F2N3/c7-6(8)3-5(6,9)4-10-1-2-11-4/h1-2H,3,9H2,(H,10,11). The number of hydrogen-bond donors (Lipinski definition) is 2. The van der Waals surface area contributed by atoms with Crippen LogP contribution in [0.3, 0.4) is 0 Å². The quantitative estimate of drug-likeness (QED) is 0.630. The van der Waals surface area contributed by atoms with Gasteiger partial charge < -0.3 is 10.7 Å². The Kier molecular flexibility index (Phi) is 0.983. The molecule has 1 aliphatic carbocycles. The highest BCUT2D eigenvalue weighted by atomic mass is 19.3. The van der Waals surface area contributed by atoms with Gasteiger partial charge in [-0.25, -0.2) is 13.8 Å². The molecule has 0 radical (unpaired) electrons. The first kappa shape index (κ1) is 6.72.